The van der Waals surface area contributed by atoms with Gasteiger partial charge in [0.1, 0.15) is 0 Å². The highest BCUT2D eigenvalue weighted by atomic mass is 79.9. The van der Waals surface area contributed by atoms with Gasteiger partial charge in [-0.3, -0.25) is 0 Å². The largest absolute Gasteiger partial charge is 0.323 e. The summed E-state index contributed by atoms with van der Waals surface area (Å²) in [6.07, 6.45) is 0. The molecule has 0 bridgehead atoms. The topological polar surface area (TPSA) is 26.0 Å². The summed E-state index contributed by atoms with van der Waals surface area (Å²) in [5, 5.41) is 0.344. The van der Waals surface area contributed by atoms with Gasteiger partial charge in [0.15, 0.2) is 0 Å². The van der Waals surface area contributed by atoms with E-state index in [1.807, 2.05) is 23.9 Å². The lowest BCUT2D eigenvalue weighted by atomic mass is 9.97. The lowest BCUT2D eigenvalue weighted by molar-refractivity contribution is 0.527. The van der Waals surface area contributed by atoms with Crippen molar-refractivity contribution in [2.45, 2.75) is 30.0 Å². The molecule has 106 valence electrons. The van der Waals surface area contributed by atoms with Crippen LogP contribution in [-0.2, 0) is 0 Å². The van der Waals surface area contributed by atoms with Crippen LogP contribution in [0, 0.1) is 5.92 Å². The van der Waals surface area contributed by atoms with Crippen LogP contribution in [0.4, 0.5) is 0 Å². The molecule has 2 unspecified atom stereocenters. The highest BCUT2D eigenvalue weighted by Crippen LogP contribution is 2.38. The first-order chi connectivity index (χ1) is 9.59. The number of thioether (sulfide) groups is 1. The highest BCUT2D eigenvalue weighted by Gasteiger charge is 2.24. The van der Waals surface area contributed by atoms with E-state index in [4.69, 9.17) is 5.73 Å². The highest BCUT2D eigenvalue weighted by molar-refractivity contribution is 9.10. The average Bonchev–Trinajstić information content (AvgIpc) is 2.46. The molecule has 0 aliphatic heterocycles. The quantitative estimate of drug-likeness (QED) is 0.744. The maximum atomic E-state index is 6.50. The van der Waals surface area contributed by atoms with Crippen LogP contribution >= 0.6 is 27.7 Å². The maximum absolute atomic E-state index is 6.50. The molecule has 1 nitrogen and oxygen atoms in total. The molecular formula is C17H20BrNS. The van der Waals surface area contributed by atoms with Crippen molar-refractivity contribution in [2.75, 3.05) is 0 Å². The summed E-state index contributed by atoms with van der Waals surface area (Å²) in [7, 11) is 0. The third-order valence-electron chi connectivity index (χ3n) is 3.30. The van der Waals surface area contributed by atoms with Gasteiger partial charge in [0, 0.05) is 20.7 Å². The predicted octanol–water partition coefficient (Wildman–Crippen LogP) is 5.27. The third-order valence-corrected chi connectivity index (χ3v) is 5.97. The molecule has 0 fully saturated rings. The van der Waals surface area contributed by atoms with Crippen molar-refractivity contribution >= 4 is 27.7 Å². The van der Waals surface area contributed by atoms with Crippen LogP contribution in [0.3, 0.4) is 0 Å². The zero-order valence-electron chi connectivity index (χ0n) is 11.8. The van der Waals surface area contributed by atoms with Gasteiger partial charge in [-0.25, -0.2) is 0 Å². The van der Waals surface area contributed by atoms with Crippen molar-refractivity contribution in [3.63, 3.8) is 0 Å². The summed E-state index contributed by atoms with van der Waals surface area (Å²) >= 11 is 5.47. The summed E-state index contributed by atoms with van der Waals surface area (Å²) in [6.45, 7) is 4.47. The van der Waals surface area contributed by atoms with Gasteiger partial charge in [-0.1, -0.05) is 56.3 Å². The molecule has 2 aromatic rings. The normalized spacial score (nSPS) is 14.2. The average molecular weight is 350 g/mol. The molecule has 0 heterocycles. The molecule has 0 saturated carbocycles. The molecule has 0 aliphatic carbocycles. The molecule has 0 amide bonds. The molecule has 2 rings (SSSR count). The first-order valence-electron chi connectivity index (χ1n) is 6.81. The number of halogens is 1. The molecule has 3 heteroatoms. The Morgan fingerprint density at radius 1 is 0.950 bits per heavy atom. The fraction of sp³-hybridized carbons (Fsp3) is 0.294. The zero-order valence-corrected chi connectivity index (χ0v) is 14.2. The Morgan fingerprint density at radius 2 is 1.55 bits per heavy atom. The van der Waals surface area contributed by atoms with Gasteiger partial charge in [0.25, 0.3) is 0 Å². The Kier molecular flexibility index (Phi) is 5.70. The summed E-state index contributed by atoms with van der Waals surface area (Å²) < 4.78 is 1.14. The van der Waals surface area contributed by atoms with Crippen molar-refractivity contribution in [1.82, 2.24) is 0 Å². The fourth-order valence-electron chi connectivity index (χ4n) is 2.18. The van der Waals surface area contributed by atoms with Gasteiger partial charge in [-0.05, 0) is 39.5 Å². The second kappa shape index (κ2) is 7.30. The standard InChI is InChI=1S/C17H20BrNS/c1-12(2)17(16(19)13-8-4-3-5-9-13)20-15-11-7-6-10-14(15)18/h3-12,16-17H,19H2,1-2H3. The number of benzene rings is 2. The van der Waals surface area contributed by atoms with Gasteiger partial charge < -0.3 is 5.73 Å². The monoisotopic (exact) mass is 349 g/mol. The van der Waals surface area contributed by atoms with Crippen LogP contribution in [0.1, 0.15) is 25.5 Å². The van der Waals surface area contributed by atoms with Crippen molar-refractivity contribution in [3.05, 3.63) is 64.6 Å². The fourth-order valence-corrected chi connectivity index (χ4v) is 3.95. The van der Waals surface area contributed by atoms with E-state index in [9.17, 15) is 0 Å². The minimum Gasteiger partial charge on any atom is -0.323 e. The van der Waals surface area contributed by atoms with E-state index in [0.717, 1.165) is 4.47 Å². The number of hydrogen-bond acceptors (Lipinski definition) is 2. The molecule has 0 radical (unpaired) electrons. The van der Waals surface area contributed by atoms with Crippen LogP contribution in [0.2, 0.25) is 0 Å². The van der Waals surface area contributed by atoms with Crippen molar-refractivity contribution in [1.29, 1.82) is 0 Å². The van der Waals surface area contributed by atoms with Crippen LogP contribution in [0.5, 0.6) is 0 Å². The Balaban J connectivity index is 2.22. The van der Waals surface area contributed by atoms with Crippen LogP contribution in [0.15, 0.2) is 64.0 Å². The van der Waals surface area contributed by atoms with E-state index in [0.29, 0.717) is 11.2 Å². The van der Waals surface area contributed by atoms with Gasteiger partial charge in [0.05, 0.1) is 0 Å². The molecular weight excluding hydrogens is 330 g/mol. The molecule has 0 aliphatic rings. The van der Waals surface area contributed by atoms with E-state index >= 15 is 0 Å². The third kappa shape index (κ3) is 3.87. The lowest BCUT2D eigenvalue weighted by Crippen LogP contribution is -2.28. The Hall–Kier alpha value is -0.770. The number of rotatable bonds is 5. The minimum atomic E-state index is 0.0355. The van der Waals surface area contributed by atoms with Crippen molar-refractivity contribution in [3.8, 4) is 0 Å². The van der Waals surface area contributed by atoms with Crippen molar-refractivity contribution < 1.29 is 0 Å². The molecule has 2 aromatic carbocycles. The molecule has 2 atom stereocenters. The summed E-state index contributed by atoms with van der Waals surface area (Å²) in [5.74, 6) is 0.502. The number of hydrogen-bond donors (Lipinski definition) is 1. The summed E-state index contributed by atoms with van der Waals surface area (Å²) in [5.41, 5.74) is 7.70. The lowest BCUT2D eigenvalue weighted by Gasteiger charge is -2.27. The summed E-state index contributed by atoms with van der Waals surface area (Å²) in [4.78, 5) is 1.25. The van der Waals surface area contributed by atoms with E-state index in [2.05, 4.69) is 72.2 Å². The molecule has 20 heavy (non-hydrogen) atoms. The predicted molar refractivity (Wildman–Crippen MR) is 92.0 cm³/mol. The Bertz CT molecular complexity index is 542. The smallest absolute Gasteiger partial charge is 0.0421 e. The van der Waals surface area contributed by atoms with Crippen molar-refractivity contribution in [2.24, 2.45) is 11.7 Å². The Labute approximate surface area is 134 Å². The first-order valence-corrected chi connectivity index (χ1v) is 8.48. The van der Waals surface area contributed by atoms with Crippen LogP contribution in [0.25, 0.3) is 0 Å². The van der Waals surface area contributed by atoms with E-state index in [1.54, 1.807) is 0 Å². The second-order valence-corrected chi connectivity index (χ2v) is 7.27. The van der Waals surface area contributed by atoms with Gasteiger partial charge >= 0.3 is 0 Å². The zero-order chi connectivity index (χ0) is 14.5. The van der Waals surface area contributed by atoms with Gasteiger partial charge in [-0.2, -0.15) is 0 Å². The summed E-state index contributed by atoms with van der Waals surface area (Å²) in [6, 6.07) is 18.7. The first kappa shape index (κ1) is 15.6. The molecule has 0 saturated heterocycles. The van der Waals surface area contributed by atoms with E-state index in [1.165, 1.54) is 10.5 Å². The van der Waals surface area contributed by atoms with Crippen LogP contribution in [-0.4, -0.2) is 5.25 Å². The molecule has 0 aromatic heterocycles. The van der Waals surface area contributed by atoms with Crippen LogP contribution < -0.4 is 5.73 Å². The minimum absolute atomic E-state index is 0.0355. The Morgan fingerprint density at radius 3 is 2.15 bits per heavy atom. The molecule has 0 spiro atoms. The number of nitrogens with two attached hydrogens (primary N) is 1. The van der Waals surface area contributed by atoms with Gasteiger partial charge in [0.2, 0.25) is 0 Å². The maximum Gasteiger partial charge on any atom is 0.0421 e. The second-order valence-electron chi connectivity index (χ2n) is 5.19. The van der Waals surface area contributed by atoms with Gasteiger partial charge in [-0.15, -0.1) is 11.8 Å². The SMILES string of the molecule is CC(C)C(Sc1ccccc1Br)C(N)c1ccccc1. The van der Waals surface area contributed by atoms with E-state index in [-0.39, 0.29) is 6.04 Å². The van der Waals surface area contributed by atoms with E-state index < -0.39 is 0 Å². The molecule has 2 N–H and O–H groups in total.